The van der Waals surface area contributed by atoms with Crippen molar-refractivity contribution in [2.75, 3.05) is 6.61 Å². The number of rotatable bonds is 6. The lowest BCUT2D eigenvalue weighted by atomic mass is 10.2. The fourth-order valence-corrected chi connectivity index (χ4v) is 2.31. The molecule has 4 heteroatoms. The second-order valence-corrected chi connectivity index (χ2v) is 4.91. The van der Waals surface area contributed by atoms with E-state index in [1.54, 1.807) is 12.1 Å². The van der Waals surface area contributed by atoms with Crippen LogP contribution < -0.4 is 9.47 Å². The van der Waals surface area contributed by atoms with Crippen molar-refractivity contribution in [3.8, 4) is 11.5 Å². The van der Waals surface area contributed by atoms with Crippen molar-refractivity contribution in [3.63, 3.8) is 0 Å². The Morgan fingerprint density at radius 2 is 1.85 bits per heavy atom. The quantitative estimate of drug-likeness (QED) is 0.741. The van der Waals surface area contributed by atoms with Gasteiger partial charge in [-0.05, 0) is 40.5 Å². The van der Waals surface area contributed by atoms with Crippen LogP contribution in [0.4, 0.5) is 0 Å². The van der Waals surface area contributed by atoms with E-state index in [4.69, 9.17) is 9.47 Å². The molecule has 0 aromatic heterocycles. The van der Waals surface area contributed by atoms with E-state index in [1.807, 2.05) is 37.3 Å². The van der Waals surface area contributed by atoms with Gasteiger partial charge < -0.3 is 9.47 Å². The summed E-state index contributed by atoms with van der Waals surface area (Å²) >= 11 is 3.38. The highest BCUT2D eigenvalue weighted by Crippen LogP contribution is 2.37. The smallest absolute Gasteiger partial charge is 0.176 e. The predicted molar refractivity (Wildman–Crippen MR) is 81.5 cm³/mol. The van der Waals surface area contributed by atoms with Crippen molar-refractivity contribution >= 4 is 22.2 Å². The van der Waals surface area contributed by atoms with Crippen LogP contribution in [0.5, 0.6) is 11.5 Å². The molecule has 0 saturated carbocycles. The number of halogens is 1. The van der Waals surface area contributed by atoms with E-state index in [1.165, 1.54) is 0 Å². The summed E-state index contributed by atoms with van der Waals surface area (Å²) in [6.45, 7) is 2.84. The van der Waals surface area contributed by atoms with Crippen LogP contribution in [0.25, 0.3) is 0 Å². The standard InChI is InChI=1S/C16H15BrO3/c1-2-19-16-14(9-8-13(10-18)15(16)17)20-11-12-6-4-3-5-7-12/h3-10H,2,11H2,1H3. The number of carbonyl (C=O) groups is 1. The Morgan fingerprint density at radius 3 is 2.50 bits per heavy atom. The van der Waals surface area contributed by atoms with Gasteiger partial charge in [-0.1, -0.05) is 30.3 Å². The summed E-state index contributed by atoms with van der Waals surface area (Å²) in [5.74, 6) is 1.18. The van der Waals surface area contributed by atoms with Gasteiger partial charge in [0.15, 0.2) is 17.8 Å². The molecular formula is C16H15BrO3. The van der Waals surface area contributed by atoms with Gasteiger partial charge in [0.1, 0.15) is 6.61 Å². The number of hydrogen-bond donors (Lipinski definition) is 0. The third-order valence-corrected chi connectivity index (χ3v) is 3.56. The van der Waals surface area contributed by atoms with Crippen LogP contribution in [0.1, 0.15) is 22.8 Å². The minimum atomic E-state index is 0.452. The maximum atomic E-state index is 10.9. The van der Waals surface area contributed by atoms with Crippen LogP contribution in [0.3, 0.4) is 0 Å². The van der Waals surface area contributed by atoms with Gasteiger partial charge in [-0.25, -0.2) is 0 Å². The second-order valence-electron chi connectivity index (χ2n) is 4.12. The Kier molecular flexibility index (Phi) is 5.18. The van der Waals surface area contributed by atoms with E-state index >= 15 is 0 Å². The first-order chi connectivity index (χ1) is 9.76. The van der Waals surface area contributed by atoms with Crippen LogP contribution in [-0.4, -0.2) is 12.9 Å². The molecule has 0 aliphatic rings. The van der Waals surface area contributed by atoms with E-state index in [0.29, 0.717) is 34.7 Å². The van der Waals surface area contributed by atoms with Gasteiger partial charge in [0.25, 0.3) is 0 Å². The van der Waals surface area contributed by atoms with Crippen molar-refractivity contribution in [2.45, 2.75) is 13.5 Å². The second kappa shape index (κ2) is 7.10. The number of carbonyl (C=O) groups excluding carboxylic acids is 1. The van der Waals surface area contributed by atoms with Gasteiger partial charge >= 0.3 is 0 Å². The Balaban J connectivity index is 2.22. The third kappa shape index (κ3) is 3.39. The zero-order valence-corrected chi connectivity index (χ0v) is 12.7. The van der Waals surface area contributed by atoms with Crippen LogP contribution in [0.2, 0.25) is 0 Å². The van der Waals surface area contributed by atoms with Crippen molar-refractivity contribution in [1.29, 1.82) is 0 Å². The number of hydrogen-bond acceptors (Lipinski definition) is 3. The Morgan fingerprint density at radius 1 is 1.10 bits per heavy atom. The molecule has 0 heterocycles. The molecule has 0 unspecified atom stereocenters. The summed E-state index contributed by atoms with van der Waals surface area (Å²) in [5.41, 5.74) is 1.62. The minimum absolute atomic E-state index is 0.452. The molecule has 20 heavy (non-hydrogen) atoms. The monoisotopic (exact) mass is 334 g/mol. The summed E-state index contributed by atoms with van der Waals surface area (Å²) in [5, 5.41) is 0. The van der Waals surface area contributed by atoms with E-state index in [9.17, 15) is 4.79 Å². The molecule has 104 valence electrons. The van der Waals surface area contributed by atoms with Crippen LogP contribution in [-0.2, 0) is 6.61 Å². The van der Waals surface area contributed by atoms with Gasteiger partial charge in [0.05, 0.1) is 11.1 Å². The number of benzene rings is 2. The summed E-state index contributed by atoms with van der Waals surface area (Å²) in [6.07, 6.45) is 0.785. The lowest BCUT2D eigenvalue weighted by Crippen LogP contribution is -2.01. The Bertz CT molecular complexity index is 582. The lowest BCUT2D eigenvalue weighted by Gasteiger charge is -2.14. The maximum absolute atomic E-state index is 10.9. The first-order valence-corrected chi connectivity index (χ1v) is 7.12. The number of ether oxygens (including phenoxy) is 2. The molecule has 0 amide bonds. The summed E-state index contributed by atoms with van der Waals surface area (Å²) < 4.78 is 12.0. The van der Waals surface area contributed by atoms with Gasteiger partial charge in [0.2, 0.25) is 0 Å². The third-order valence-electron chi connectivity index (χ3n) is 2.74. The average molecular weight is 335 g/mol. The fraction of sp³-hybridized carbons (Fsp3) is 0.188. The average Bonchev–Trinajstić information content (AvgIpc) is 2.49. The van der Waals surface area contributed by atoms with Gasteiger partial charge in [0, 0.05) is 5.56 Å². The van der Waals surface area contributed by atoms with Gasteiger partial charge in [-0.15, -0.1) is 0 Å². The van der Waals surface area contributed by atoms with Crippen molar-refractivity contribution in [2.24, 2.45) is 0 Å². The summed E-state index contributed by atoms with van der Waals surface area (Å²) in [4.78, 5) is 10.9. The van der Waals surface area contributed by atoms with Crippen LogP contribution in [0, 0.1) is 0 Å². The van der Waals surface area contributed by atoms with E-state index in [0.717, 1.165) is 11.8 Å². The molecule has 0 N–H and O–H groups in total. The lowest BCUT2D eigenvalue weighted by molar-refractivity contribution is 0.112. The van der Waals surface area contributed by atoms with Gasteiger partial charge in [-0.3, -0.25) is 4.79 Å². The molecule has 0 spiro atoms. The highest BCUT2D eigenvalue weighted by atomic mass is 79.9. The molecule has 2 rings (SSSR count). The van der Waals surface area contributed by atoms with Crippen molar-refractivity contribution < 1.29 is 14.3 Å². The summed E-state index contributed by atoms with van der Waals surface area (Å²) in [6, 6.07) is 13.3. The molecule has 0 fully saturated rings. The molecule has 0 radical (unpaired) electrons. The molecule has 0 aliphatic heterocycles. The zero-order valence-electron chi connectivity index (χ0n) is 11.1. The molecule has 0 bridgehead atoms. The molecule has 2 aromatic carbocycles. The number of aldehydes is 1. The fourth-order valence-electron chi connectivity index (χ4n) is 1.77. The summed E-state index contributed by atoms with van der Waals surface area (Å²) in [7, 11) is 0. The van der Waals surface area contributed by atoms with E-state index in [-0.39, 0.29) is 0 Å². The highest BCUT2D eigenvalue weighted by molar-refractivity contribution is 9.10. The molecule has 3 nitrogen and oxygen atoms in total. The molecule has 0 aliphatic carbocycles. The maximum Gasteiger partial charge on any atom is 0.176 e. The van der Waals surface area contributed by atoms with Gasteiger partial charge in [-0.2, -0.15) is 0 Å². The predicted octanol–water partition coefficient (Wildman–Crippen LogP) is 4.24. The first kappa shape index (κ1) is 14.6. The van der Waals surface area contributed by atoms with E-state index < -0.39 is 0 Å². The molecule has 0 saturated heterocycles. The normalized spacial score (nSPS) is 10.1. The van der Waals surface area contributed by atoms with Crippen LogP contribution >= 0.6 is 15.9 Å². The Hall–Kier alpha value is -1.81. The largest absolute Gasteiger partial charge is 0.489 e. The Labute approximate surface area is 126 Å². The molecule has 2 aromatic rings. The highest BCUT2D eigenvalue weighted by Gasteiger charge is 2.13. The molecule has 0 atom stereocenters. The molecular weight excluding hydrogens is 320 g/mol. The minimum Gasteiger partial charge on any atom is -0.489 e. The van der Waals surface area contributed by atoms with Crippen molar-refractivity contribution in [1.82, 2.24) is 0 Å². The van der Waals surface area contributed by atoms with E-state index in [2.05, 4.69) is 15.9 Å². The first-order valence-electron chi connectivity index (χ1n) is 6.33. The van der Waals surface area contributed by atoms with Crippen molar-refractivity contribution in [3.05, 3.63) is 58.1 Å². The topological polar surface area (TPSA) is 35.5 Å². The zero-order chi connectivity index (χ0) is 14.4. The van der Waals surface area contributed by atoms with Crippen LogP contribution in [0.15, 0.2) is 46.9 Å². The SMILES string of the molecule is CCOc1c(OCc2ccccc2)ccc(C=O)c1Br.